The number of nitriles is 1. The Balaban J connectivity index is 3.41. The summed E-state index contributed by atoms with van der Waals surface area (Å²) in [6, 6.07) is 4.91. The largest absolute Gasteiger partial charge is 0.481 e. The number of benzene rings is 1. The molecule has 0 heterocycles. The highest BCUT2D eigenvalue weighted by molar-refractivity contribution is 9.10. The van der Waals surface area contributed by atoms with Gasteiger partial charge in [-0.15, -0.1) is 0 Å². The number of rotatable bonds is 3. The van der Waals surface area contributed by atoms with Crippen LogP contribution in [-0.4, -0.2) is 17.4 Å². The van der Waals surface area contributed by atoms with Gasteiger partial charge in [0.1, 0.15) is 12.4 Å². The van der Waals surface area contributed by atoms with Gasteiger partial charge in [0.15, 0.2) is 0 Å². The van der Waals surface area contributed by atoms with Crippen LogP contribution in [0, 0.1) is 11.3 Å². The van der Waals surface area contributed by atoms with Gasteiger partial charge < -0.3 is 5.11 Å². The average molecular weight is 268 g/mol. The fraction of sp³-hybridized carbons (Fsp3) is 0.100. The quantitative estimate of drug-likeness (QED) is 0.847. The molecule has 0 bridgehead atoms. The minimum Gasteiger partial charge on any atom is -0.481 e. The molecule has 0 saturated heterocycles. The maximum absolute atomic E-state index is 10.7. The molecule has 0 amide bonds. The van der Waals surface area contributed by atoms with Crippen LogP contribution < -0.4 is 0 Å². The maximum atomic E-state index is 10.7. The van der Waals surface area contributed by atoms with E-state index < -0.39 is 5.97 Å². The summed E-state index contributed by atoms with van der Waals surface area (Å²) in [5.41, 5.74) is 0.675. The fourth-order valence-corrected chi connectivity index (χ4v) is 1.67. The first kappa shape index (κ1) is 11.4. The van der Waals surface area contributed by atoms with E-state index in [0.29, 0.717) is 10.8 Å². The Labute approximate surface area is 94.3 Å². The molecule has 0 aliphatic carbocycles. The lowest BCUT2D eigenvalue weighted by atomic mass is 10.00. The summed E-state index contributed by atoms with van der Waals surface area (Å²) in [5, 5.41) is 17.5. The van der Waals surface area contributed by atoms with Gasteiger partial charge in [-0.05, 0) is 27.6 Å². The van der Waals surface area contributed by atoms with E-state index in [1.165, 1.54) is 6.07 Å². The second-order valence-corrected chi connectivity index (χ2v) is 3.64. The second-order valence-electron chi connectivity index (χ2n) is 2.79. The normalized spacial score (nSPS) is 9.33. The van der Waals surface area contributed by atoms with Crippen molar-refractivity contribution in [1.29, 1.82) is 5.26 Å². The summed E-state index contributed by atoms with van der Waals surface area (Å²) in [4.78, 5) is 21.2. The summed E-state index contributed by atoms with van der Waals surface area (Å²) in [5.74, 6) is -1.08. The molecule has 0 aliphatic rings. The van der Waals surface area contributed by atoms with Gasteiger partial charge in [0.05, 0.1) is 12.0 Å². The number of halogens is 1. The van der Waals surface area contributed by atoms with Crippen LogP contribution in [0.1, 0.15) is 21.5 Å². The summed E-state index contributed by atoms with van der Waals surface area (Å²) < 4.78 is 0.492. The van der Waals surface area contributed by atoms with Crippen LogP contribution in [0.3, 0.4) is 0 Å². The first-order valence-corrected chi connectivity index (χ1v) is 4.78. The topological polar surface area (TPSA) is 78.2 Å². The molecule has 0 spiro atoms. The Kier molecular flexibility index (Phi) is 3.58. The summed E-state index contributed by atoms with van der Waals surface area (Å²) in [6.45, 7) is 0. The van der Waals surface area contributed by atoms with Gasteiger partial charge in [-0.1, -0.05) is 6.07 Å². The maximum Gasteiger partial charge on any atom is 0.307 e. The fourth-order valence-electron chi connectivity index (χ4n) is 1.21. The highest BCUT2D eigenvalue weighted by Crippen LogP contribution is 2.23. The van der Waals surface area contributed by atoms with E-state index >= 15 is 0 Å². The molecule has 0 aromatic heterocycles. The van der Waals surface area contributed by atoms with Gasteiger partial charge >= 0.3 is 5.97 Å². The predicted molar refractivity (Wildman–Crippen MR) is 55.6 cm³/mol. The van der Waals surface area contributed by atoms with E-state index in [2.05, 4.69) is 15.9 Å². The van der Waals surface area contributed by atoms with E-state index in [1.807, 2.05) is 6.07 Å². The number of carboxylic acids is 1. The van der Waals surface area contributed by atoms with E-state index in [9.17, 15) is 9.59 Å². The van der Waals surface area contributed by atoms with Crippen molar-refractivity contribution < 1.29 is 14.7 Å². The van der Waals surface area contributed by atoms with E-state index in [-0.39, 0.29) is 23.1 Å². The third-order valence-electron chi connectivity index (χ3n) is 1.87. The molecule has 76 valence electrons. The molecule has 0 fully saturated rings. The van der Waals surface area contributed by atoms with Crippen molar-refractivity contribution in [1.82, 2.24) is 0 Å². The Bertz CT molecular complexity index is 462. The number of hydrogen-bond acceptors (Lipinski definition) is 3. The zero-order valence-electron chi connectivity index (χ0n) is 7.53. The zero-order chi connectivity index (χ0) is 11.4. The minimum absolute atomic E-state index is 0.196. The number of carbonyl (C=O) groups is 2. The molecule has 1 aromatic carbocycles. The monoisotopic (exact) mass is 267 g/mol. The summed E-state index contributed by atoms with van der Waals surface area (Å²) in [7, 11) is 0. The lowest BCUT2D eigenvalue weighted by molar-refractivity contribution is -0.136. The van der Waals surface area contributed by atoms with Crippen LogP contribution in [-0.2, 0) is 11.2 Å². The van der Waals surface area contributed by atoms with Crippen LogP contribution in [0.15, 0.2) is 16.6 Å². The smallest absolute Gasteiger partial charge is 0.307 e. The van der Waals surface area contributed by atoms with Crippen molar-refractivity contribution in [2.24, 2.45) is 0 Å². The van der Waals surface area contributed by atoms with Crippen molar-refractivity contribution in [3.8, 4) is 6.07 Å². The highest BCUT2D eigenvalue weighted by atomic mass is 79.9. The molecule has 1 N–H and O–H groups in total. The molecule has 0 aliphatic heterocycles. The molecule has 1 aromatic rings. The Morgan fingerprint density at radius 2 is 2.27 bits per heavy atom. The molecule has 1 rings (SSSR count). The zero-order valence-corrected chi connectivity index (χ0v) is 9.11. The third kappa shape index (κ3) is 2.42. The van der Waals surface area contributed by atoms with Crippen LogP contribution >= 0.6 is 15.9 Å². The van der Waals surface area contributed by atoms with E-state index in [0.717, 1.165) is 0 Å². The van der Waals surface area contributed by atoms with Crippen molar-refractivity contribution >= 4 is 28.2 Å². The van der Waals surface area contributed by atoms with Crippen LogP contribution in [0.2, 0.25) is 0 Å². The molecule has 0 radical (unpaired) electrons. The average Bonchev–Trinajstić information content (AvgIpc) is 2.18. The molecule has 15 heavy (non-hydrogen) atoms. The number of hydrogen-bond donors (Lipinski definition) is 1. The standard InChI is InChI=1S/C10H6BrNO3/c11-9-2-1-6(5-13)7(3-10(14)15)8(9)4-12/h1-2,5H,3H2,(H,14,15). The molecule has 5 heteroatoms. The van der Waals surface area contributed by atoms with E-state index in [1.54, 1.807) is 6.07 Å². The lowest BCUT2D eigenvalue weighted by Crippen LogP contribution is -2.06. The molecular formula is C10H6BrNO3. The molecular weight excluding hydrogens is 262 g/mol. The first-order valence-electron chi connectivity index (χ1n) is 3.98. The van der Waals surface area contributed by atoms with Crippen molar-refractivity contribution in [3.05, 3.63) is 33.3 Å². The second kappa shape index (κ2) is 4.71. The SMILES string of the molecule is N#Cc1c(Br)ccc(C=O)c1CC(=O)O. The van der Waals surface area contributed by atoms with Crippen molar-refractivity contribution in [3.63, 3.8) is 0 Å². The summed E-state index contributed by atoms with van der Waals surface area (Å²) >= 11 is 3.13. The van der Waals surface area contributed by atoms with Gasteiger partial charge in [0, 0.05) is 10.0 Å². The lowest BCUT2D eigenvalue weighted by Gasteiger charge is -2.05. The number of aliphatic carboxylic acids is 1. The van der Waals surface area contributed by atoms with Crippen molar-refractivity contribution in [2.45, 2.75) is 6.42 Å². The number of aldehydes is 1. The van der Waals surface area contributed by atoms with Crippen molar-refractivity contribution in [2.75, 3.05) is 0 Å². The van der Waals surface area contributed by atoms with Gasteiger partial charge in [-0.25, -0.2) is 0 Å². The minimum atomic E-state index is -1.08. The van der Waals surface area contributed by atoms with Gasteiger partial charge in [0.25, 0.3) is 0 Å². The van der Waals surface area contributed by atoms with Crippen LogP contribution in [0.4, 0.5) is 0 Å². The number of carboxylic acid groups (broad SMARTS) is 1. The highest BCUT2D eigenvalue weighted by Gasteiger charge is 2.14. The number of carbonyl (C=O) groups excluding carboxylic acids is 1. The van der Waals surface area contributed by atoms with E-state index in [4.69, 9.17) is 10.4 Å². The Morgan fingerprint density at radius 3 is 2.73 bits per heavy atom. The third-order valence-corrected chi connectivity index (χ3v) is 2.53. The molecule has 0 unspecified atom stereocenters. The van der Waals surface area contributed by atoms with Gasteiger partial charge in [-0.3, -0.25) is 9.59 Å². The summed E-state index contributed by atoms with van der Waals surface area (Å²) in [6.07, 6.45) is 0.210. The van der Waals surface area contributed by atoms with Crippen LogP contribution in [0.25, 0.3) is 0 Å². The first-order chi connectivity index (χ1) is 7.10. The molecule has 0 saturated carbocycles. The Morgan fingerprint density at radius 1 is 1.60 bits per heavy atom. The molecule has 0 atom stereocenters. The number of nitrogens with zero attached hydrogens (tertiary/aromatic N) is 1. The predicted octanol–water partition coefficient (Wildman–Crippen LogP) is 1.76. The van der Waals surface area contributed by atoms with Gasteiger partial charge in [-0.2, -0.15) is 5.26 Å². The Hall–Kier alpha value is -1.67. The molecule has 4 nitrogen and oxygen atoms in total. The van der Waals surface area contributed by atoms with Gasteiger partial charge in [0.2, 0.25) is 0 Å². The van der Waals surface area contributed by atoms with Crippen LogP contribution in [0.5, 0.6) is 0 Å².